The molecule has 0 saturated carbocycles. The van der Waals surface area contributed by atoms with Crippen molar-refractivity contribution in [3.8, 4) is 17.0 Å². The van der Waals surface area contributed by atoms with Crippen LogP contribution in [0.4, 0.5) is 0 Å². The van der Waals surface area contributed by atoms with E-state index in [-0.39, 0.29) is 0 Å². The summed E-state index contributed by atoms with van der Waals surface area (Å²) in [5.74, 6) is 0.865. The highest BCUT2D eigenvalue weighted by Gasteiger charge is 2.07. The molecule has 3 rings (SSSR count). The zero-order valence-corrected chi connectivity index (χ0v) is 12.7. The largest absolute Gasteiger partial charge is 0.497 e. The molecule has 0 aliphatic heterocycles. The second-order valence-corrected chi connectivity index (χ2v) is 5.26. The number of ether oxygens (including phenoxy) is 1. The molecule has 0 aliphatic carbocycles. The molecule has 1 aromatic heterocycles. The lowest BCUT2D eigenvalue weighted by Gasteiger charge is -2.09. The van der Waals surface area contributed by atoms with Crippen molar-refractivity contribution in [2.24, 2.45) is 0 Å². The molecule has 0 unspecified atom stereocenters. The highest BCUT2D eigenvalue weighted by Crippen LogP contribution is 2.27. The monoisotopic (exact) mass is 277 g/mol. The fourth-order valence-corrected chi connectivity index (χ4v) is 2.58. The summed E-state index contributed by atoms with van der Waals surface area (Å²) in [7, 11) is 1.69. The van der Waals surface area contributed by atoms with Crippen LogP contribution in [0.1, 0.15) is 18.1 Å². The molecule has 0 aliphatic rings. The van der Waals surface area contributed by atoms with E-state index in [1.54, 1.807) is 7.11 Å². The Morgan fingerprint density at radius 1 is 1.00 bits per heavy atom. The van der Waals surface area contributed by atoms with Gasteiger partial charge in [0.05, 0.1) is 18.3 Å². The minimum Gasteiger partial charge on any atom is -0.497 e. The van der Waals surface area contributed by atoms with Gasteiger partial charge in [-0.05, 0) is 48.7 Å². The molecule has 0 bridgehead atoms. The zero-order valence-electron chi connectivity index (χ0n) is 12.7. The Kier molecular flexibility index (Phi) is 3.61. The molecule has 106 valence electrons. The van der Waals surface area contributed by atoms with E-state index in [2.05, 4.69) is 44.2 Å². The van der Waals surface area contributed by atoms with Gasteiger partial charge in [-0.2, -0.15) is 0 Å². The standard InChI is InChI=1S/C19H19NO/c1-4-14-5-7-15(8-6-14)19-13(2)11-16-12-17(21-3)9-10-18(16)20-19/h5-12H,4H2,1-3H3. The van der Waals surface area contributed by atoms with Crippen LogP contribution in [0.15, 0.2) is 48.5 Å². The van der Waals surface area contributed by atoms with Crippen LogP contribution in [0.2, 0.25) is 0 Å². The molecule has 1 heterocycles. The van der Waals surface area contributed by atoms with Crippen LogP contribution in [0.5, 0.6) is 5.75 Å². The van der Waals surface area contributed by atoms with Gasteiger partial charge in [-0.1, -0.05) is 31.2 Å². The van der Waals surface area contributed by atoms with Crippen molar-refractivity contribution in [3.63, 3.8) is 0 Å². The van der Waals surface area contributed by atoms with Crippen molar-refractivity contribution in [1.82, 2.24) is 4.98 Å². The van der Waals surface area contributed by atoms with E-state index in [1.165, 1.54) is 16.7 Å². The summed E-state index contributed by atoms with van der Waals surface area (Å²) >= 11 is 0. The third-order valence-corrected chi connectivity index (χ3v) is 3.85. The number of benzene rings is 2. The van der Waals surface area contributed by atoms with E-state index in [0.717, 1.165) is 28.8 Å². The van der Waals surface area contributed by atoms with Crippen molar-refractivity contribution < 1.29 is 4.74 Å². The van der Waals surface area contributed by atoms with Gasteiger partial charge in [0.25, 0.3) is 0 Å². The molecule has 0 atom stereocenters. The lowest BCUT2D eigenvalue weighted by molar-refractivity contribution is 0.415. The molecule has 0 spiro atoms. The molecule has 2 aromatic carbocycles. The number of aromatic nitrogens is 1. The third kappa shape index (κ3) is 2.62. The summed E-state index contributed by atoms with van der Waals surface area (Å²) in [4.78, 5) is 4.82. The molecule has 3 aromatic rings. The second-order valence-electron chi connectivity index (χ2n) is 5.26. The molecule has 21 heavy (non-hydrogen) atoms. The molecule has 0 amide bonds. The summed E-state index contributed by atoms with van der Waals surface area (Å²) in [6.45, 7) is 4.27. The molecule has 2 nitrogen and oxygen atoms in total. The average molecular weight is 277 g/mol. The maximum Gasteiger partial charge on any atom is 0.119 e. The lowest BCUT2D eigenvalue weighted by Crippen LogP contribution is -1.91. The number of nitrogens with zero attached hydrogens (tertiary/aromatic N) is 1. The first-order valence-electron chi connectivity index (χ1n) is 7.26. The molecule has 2 heteroatoms. The van der Waals surface area contributed by atoms with Crippen molar-refractivity contribution in [2.45, 2.75) is 20.3 Å². The van der Waals surface area contributed by atoms with Crippen molar-refractivity contribution in [3.05, 3.63) is 59.7 Å². The lowest BCUT2D eigenvalue weighted by atomic mass is 10.0. The van der Waals surface area contributed by atoms with Crippen molar-refractivity contribution in [2.75, 3.05) is 7.11 Å². The minimum atomic E-state index is 0.865. The maximum absolute atomic E-state index is 5.27. The summed E-state index contributed by atoms with van der Waals surface area (Å²) < 4.78 is 5.27. The second kappa shape index (κ2) is 5.57. The van der Waals surface area contributed by atoms with Gasteiger partial charge in [0.1, 0.15) is 5.75 Å². The first-order valence-corrected chi connectivity index (χ1v) is 7.26. The third-order valence-electron chi connectivity index (χ3n) is 3.85. The quantitative estimate of drug-likeness (QED) is 0.687. The number of pyridine rings is 1. The van der Waals surface area contributed by atoms with Gasteiger partial charge in [0, 0.05) is 10.9 Å². The Morgan fingerprint density at radius 3 is 2.43 bits per heavy atom. The normalized spacial score (nSPS) is 10.8. The maximum atomic E-state index is 5.27. The van der Waals surface area contributed by atoms with Crippen LogP contribution in [0.3, 0.4) is 0 Å². The number of hydrogen-bond donors (Lipinski definition) is 0. The molecular formula is C19H19NO. The number of fused-ring (bicyclic) bond motifs is 1. The van der Waals surface area contributed by atoms with E-state index < -0.39 is 0 Å². The van der Waals surface area contributed by atoms with Crippen LogP contribution in [-0.4, -0.2) is 12.1 Å². The fraction of sp³-hybridized carbons (Fsp3) is 0.211. The highest BCUT2D eigenvalue weighted by atomic mass is 16.5. The Bertz CT molecular complexity index is 775. The smallest absolute Gasteiger partial charge is 0.119 e. The molecule has 0 radical (unpaired) electrons. The Hall–Kier alpha value is -2.35. The minimum absolute atomic E-state index is 0.865. The van der Waals surface area contributed by atoms with Gasteiger partial charge in [-0.3, -0.25) is 0 Å². The summed E-state index contributed by atoms with van der Waals surface area (Å²) in [6, 6.07) is 16.8. The number of aryl methyl sites for hydroxylation is 2. The predicted molar refractivity (Wildman–Crippen MR) is 87.8 cm³/mol. The van der Waals surface area contributed by atoms with Crippen LogP contribution in [0.25, 0.3) is 22.2 Å². The van der Waals surface area contributed by atoms with Crippen molar-refractivity contribution >= 4 is 10.9 Å². The highest BCUT2D eigenvalue weighted by molar-refractivity contribution is 5.84. The molecule has 0 saturated heterocycles. The van der Waals surface area contributed by atoms with Crippen LogP contribution < -0.4 is 4.74 Å². The van der Waals surface area contributed by atoms with Crippen LogP contribution in [-0.2, 0) is 6.42 Å². The SMILES string of the molecule is CCc1ccc(-c2nc3ccc(OC)cc3cc2C)cc1. The van der Waals surface area contributed by atoms with Crippen molar-refractivity contribution in [1.29, 1.82) is 0 Å². The molecule has 0 N–H and O–H groups in total. The van der Waals surface area contributed by atoms with E-state index in [4.69, 9.17) is 9.72 Å². The topological polar surface area (TPSA) is 22.1 Å². The Balaban J connectivity index is 2.11. The van der Waals surface area contributed by atoms with E-state index in [9.17, 15) is 0 Å². The van der Waals surface area contributed by atoms with Crippen LogP contribution >= 0.6 is 0 Å². The van der Waals surface area contributed by atoms with E-state index in [1.807, 2.05) is 18.2 Å². The van der Waals surface area contributed by atoms with Gasteiger partial charge in [-0.15, -0.1) is 0 Å². The fourth-order valence-electron chi connectivity index (χ4n) is 2.58. The molecular weight excluding hydrogens is 258 g/mol. The Labute approximate surface area is 125 Å². The van der Waals surface area contributed by atoms with Crippen LogP contribution in [0, 0.1) is 6.92 Å². The number of rotatable bonds is 3. The Morgan fingerprint density at radius 2 is 1.76 bits per heavy atom. The summed E-state index contributed by atoms with van der Waals surface area (Å²) in [5.41, 5.74) is 5.75. The number of methoxy groups -OCH3 is 1. The van der Waals surface area contributed by atoms with Gasteiger partial charge in [0.15, 0.2) is 0 Å². The zero-order chi connectivity index (χ0) is 14.8. The first-order chi connectivity index (χ1) is 10.2. The van der Waals surface area contributed by atoms with Gasteiger partial charge < -0.3 is 4.74 Å². The predicted octanol–water partition coefficient (Wildman–Crippen LogP) is 4.78. The van der Waals surface area contributed by atoms with Gasteiger partial charge in [0.2, 0.25) is 0 Å². The van der Waals surface area contributed by atoms with Gasteiger partial charge >= 0.3 is 0 Å². The first kappa shape index (κ1) is 13.6. The van der Waals surface area contributed by atoms with E-state index >= 15 is 0 Å². The average Bonchev–Trinajstić information content (AvgIpc) is 2.53. The summed E-state index contributed by atoms with van der Waals surface area (Å²) in [6.07, 6.45) is 1.06. The molecule has 0 fully saturated rings. The summed E-state index contributed by atoms with van der Waals surface area (Å²) in [5, 5.41) is 1.11. The van der Waals surface area contributed by atoms with Gasteiger partial charge in [-0.25, -0.2) is 4.98 Å². The van der Waals surface area contributed by atoms with E-state index in [0.29, 0.717) is 0 Å². The number of hydrogen-bond acceptors (Lipinski definition) is 2.